The molecule has 7 N–H and O–H groups in total. The number of methoxy groups -OCH3 is 1. The molecule has 3 unspecified atom stereocenters. The quantitative estimate of drug-likeness (QED) is 0.118. The van der Waals surface area contributed by atoms with Crippen LogP contribution >= 0.6 is 0 Å². The molecule has 0 aromatic rings. The molecule has 0 radical (unpaired) electrons. The maximum absolute atomic E-state index is 14.3. The molecule has 3 rings (SSSR count). The molecular formula is C41H79N3O12. The van der Waals surface area contributed by atoms with Gasteiger partial charge in [-0.15, -0.1) is 0 Å². The summed E-state index contributed by atoms with van der Waals surface area (Å²) in [4.78, 5) is 16.2. The Morgan fingerprint density at radius 1 is 0.964 bits per heavy atom. The zero-order chi connectivity index (χ0) is 42.6. The first-order valence-electron chi connectivity index (χ1n) is 20.9. The number of aliphatic hydroxyl groups excluding tert-OH is 2. The van der Waals surface area contributed by atoms with Gasteiger partial charge in [-0.3, -0.25) is 4.79 Å². The molecule has 15 nitrogen and oxygen atoms in total. The predicted octanol–water partition coefficient (Wildman–Crippen LogP) is 1.93. The van der Waals surface area contributed by atoms with Crippen molar-refractivity contribution in [2.75, 3.05) is 40.8 Å². The van der Waals surface area contributed by atoms with Crippen LogP contribution in [0.1, 0.15) is 108 Å². The summed E-state index contributed by atoms with van der Waals surface area (Å²) in [7, 11) is 5.31. The Balaban J connectivity index is 2.16. The average molecular weight is 806 g/mol. The number of hydrogen-bond acceptors (Lipinski definition) is 15. The standard InChI is InChI=1S/C41H79N3O12/c1-15-17-42-22-41(50)28(8)53-31(20-39(41,10)51-14)55-33-25(5)35(56-37-32(45)29(44(12)13)18-24(4)52-37)38(9,48)19-23(3)21-43-27(7)34(46)40(11,49)30(16-2)54-36(47)26(33)6/h23-35,37,42-43,45-46,48-50H,15-22H2,1-14H3/t23-,24-,25+,26-,27-,28+,29+,30-,31?,32-,33+,34-,35-,37?,38?,39-,40-,41+/m1/s1. The zero-order valence-corrected chi connectivity index (χ0v) is 36.8. The van der Waals surface area contributed by atoms with Gasteiger partial charge >= 0.3 is 5.97 Å². The molecule has 18 atom stereocenters. The van der Waals surface area contributed by atoms with Crippen LogP contribution in [0, 0.1) is 17.8 Å². The van der Waals surface area contributed by atoms with Crippen LogP contribution in [0.3, 0.4) is 0 Å². The topological polar surface area (TPSA) is 201 Å². The first-order valence-corrected chi connectivity index (χ1v) is 20.9. The number of ether oxygens (including phenoxy) is 6. The molecule has 15 heteroatoms. The number of esters is 1. The van der Waals surface area contributed by atoms with Crippen molar-refractivity contribution in [1.29, 1.82) is 0 Å². The lowest BCUT2D eigenvalue weighted by Crippen LogP contribution is -2.70. The normalized spacial score (nSPS) is 47.9. The van der Waals surface area contributed by atoms with Crippen LogP contribution in [0.25, 0.3) is 0 Å². The summed E-state index contributed by atoms with van der Waals surface area (Å²) in [5.74, 6) is -2.66. The largest absolute Gasteiger partial charge is 0.459 e. The van der Waals surface area contributed by atoms with Crippen molar-refractivity contribution in [3.63, 3.8) is 0 Å². The fourth-order valence-electron chi connectivity index (χ4n) is 9.21. The predicted molar refractivity (Wildman–Crippen MR) is 212 cm³/mol. The molecule has 330 valence electrons. The maximum atomic E-state index is 14.3. The first kappa shape index (κ1) is 49.3. The number of cyclic esters (lactones) is 1. The second-order valence-corrected chi connectivity index (χ2v) is 18.2. The molecule has 56 heavy (non-hydrogen) atoms. The van der Waals surface area contributed by atoms with Crippen molar-refractivity contribution in [2.24, 2.45) is 17.8 Å². The second kappa shape index (κ2) is 20.0. The zero-order valence-electron chi connectivity index (χ0n) is 36.8. The molecule has 3 saturated heterocycles. The molecule has 0 amide bonds. The lowest BCUT2D eigenvalue weighted by atomic mass is 9.75. The summed E-state index contributed by atoms with van der Waals surface area (Å²) in [5, 5.41) is 65.8. The Morgan fingerprint density at radius 2 is 1.61 bits per heavy atom. The summed E-state index contributed by atoms with van der Waals surface area (Å²) in [5.41, 5.74) is -5.95. The first-order chi connectivity index (χ1) is 25.9. The van der Waals surface area contributed by atoms with Gasteiger partial charge in [0.25, 0.3) is 0 Å². The highest BCUT2D eigenvalue weighted by molar-refractivity contribution is 5.73. The van der Waals surface area contributed by atoms with Gasteiger partial charge in [0.05, 0.1) is 35.9 Å². The van der Waals surface area contributed by atoms with Gasteiger partial charge in [-0.1, -0.05) is 27.7 Å². The van der Waals surface area contributed by atoms with E-state index < -0.39 is 95.5 Å². The van der Waals surface area contributed by atoms with Gasteiger partial charge in [-0.2, -0.15) is 0 Å². The molecular weight excluding hydrogens is 726 g/mol. The summed E-state index contributed by atoms with van der Waals surface area (Å²) in [6.45, 7) is 20.9. The van der Waals surface area contributed by atoms with E-state index in [1.54, 1.807) is 34.6 Å². The molecule has 0 aliphatic carbocycles. The van der Waals surface area contributed by atoms with E-state index in [9.17, 15) is 30.3 Å². The second-order valence-electron chi connectivity index (χ2n) is 18.2. The van der Waals surface area contributed by atoms with E-state index >= 15 is 0 Å². The Kier molecular flexibility index (Phi) is 17.6. The molecule has 3 heterocycles. The van der Waals surface area contributed by atoms with E-state index in [0.717, 1.165) is 6.42 Å². The van der Waals surface area contributed by atoms with Gasteiger partial charge in [0, 0.05) is 38.1 Å². The van der Waals surface area contributed by atoms with Crippen molar-refractivity contribution in [3.8, 4) is 0 Å². The Bertz CT molecular complexity index is 1230. The van der Waals surface area contributed by atoms with Crippen molar-refractivity contribution >= 4 is 5.97 Å². The van der Waals surface area contributed by atoms with Crippen LogP contribution in [0.4, 0.5) is 0 Å². The van der Waals surface area contributed by atoms with E-state index in [-0.39, 0.29) is 43.9 Å². The molecule has 3 aliphatic heterocycles. The smallest absolute Gasteiger partial charge is 0.311 e. The minimum atomic E-state index is -1.81. The van der Waals surface area contributed by atoms with Crippen molar-refractivity contribution in [2.45, 2.75) is 198 Å². The molecule has 0 spiro atoms. The van der Waals surface area contributed by atoms with Gasteiger partial charge < -0.3 is 69.5 Å². The molecule has 3 aliphatic rings. The number of likely N-dealkylation sites (N-methyl/N-ethyl adjacent to an activating group) is 1. The monoisotopic (exact) mass is 806 g/mol. The average Bonchev–Trinajstić information content (AvgIpc) is 3.12. The summed E-state index contributed by atoms with van der Waals surface area (Å²) in [6, 6.07) is -0.877. The fraction of sp³-hybridized carbons (Fsp3) is 0.976. The van der Waals surface area contributed by atoms with E-state index in [0.29, 0.717) is 19.5 Å². The number of carbonyl (C=O) groups is 1. The third-order valence-corrected chi connectivity index (χ3v) is 13.0. The van der Waals surface area contributed by atoms with E-state index in [1.807, 2.05) is 53.6 Å². The minimum Gasteiger partial charge on any atom is -0.459 e. The number of hydrogen-bond donors (Lipinski definition) is 7. The van der Waals surface area contributed by atoms with Gasteiger partial charge in [0.2, 0.25) is 0 Å². The van der Waals surface area contributed by atoms with Crippen molar-refractivity contribution in [3.05, 3.63) is 0 Å². The number of carbonyl (C=O) groups excluding carboxylic acids is 1. The number of nitrogens with one attached hydrogen (secondary N) is 2. The van der Waals surface area contributed by atoms with Crippen LogP contribution in [0.2, 0.25) is 0 Å². The Hall–Kier alpha value is -1.05. The molecule has 0 saturated carbocycles. The number of rotatable bonds is 11. The number of aliphatic hydroxyl groups is 5. The van der Waals surface area contributed by atoms with Crippen LogP contribution in [0.5, 0.6) is 0 Å². The van der Waals surface area contributed by atoms with Crippen LogP contribution < -0.4 is 10.6 Å². The van der Waals surface area contributed by atoms with E-state index in [4.69, 9.17) is 28.4 Å². The molecule has 0 aromatic heterocycles. The van der Waals surface area contributed by atoms with Crippen LogP contribution in [-0.2, 0) is 33.2 Å². The third kappa shape index (κ3) is 11.0. The van der Waals surface area contributed by atoms with E-state index in [1.165, 1.54) is 14.0 Å². The van der Waals surface area contributed by atoms with Crippen molar-refractivity contribution in [1.82, 2.24) is 15.5 Å². The molecule has 3 fully saturated rings. The summed E-state index contributed by atoms with van der Waals surface area (Å²) in [6.07, 6.45) is -6.71. The van der Waals surface area contributed by atoms with Crippen LogP contribution in [0.15, 0.2) is 0 Å². The highest BCUT2D eigenvalue weighted by Crippen LogP contribution is 2.43. The number of nitrogens with zero attached hydrogens (tertiary/aromatic N) is 1. The summed E-state index contributed by atoms with van der Waals surface area (Å²) < 4.78 is 38.3. The Labute approximate surface area is 336 Å². The van der Waals surface area contributed by atoms with Crippen LogP contribution in [-0.4, -0.2) is 167 Å². The van der Waals surface area contributed by atoms with E-state index in [2.05, 4.69) is 10.6 Å². The highest BCUT2D eigenvalue weighted by atomic mass is 16.7. The molecule has 0 bridgehead atoms. The van der Waals surface area contributed by atoms with Gasteiger partial charge in [0.15, 0.2) is 12.6 Å². The Morgan fingerprint density at radius 3 is 2.18 bits per heavy atom. The van der Waals surface area contributed by atoms with Gasteiger partial charge in [-0.05, 0) is 107 Å². The highest BCUT2D eigenvalue weighted by Gasteiger charge is 2.58. The minimum absolute atomic E-state index is 0.0939. The lowest BCUT2D eigenvalue weighted by molar-refractivity contribution is -0.336. The SMILES string of the molecule is CCCNC[C@]1(O)[C@H](C)OC(O[C@H]2[C@H](C)[C@@H](OC3O[C@H](C)C[C@H](N(C)C)[C@H]3O)C(C)(O)C[C@@H](C)CN[C@H](C)[C@@H](O)[C@](C)(O)[C@@H](CC)OC(=O)[C@@H]2C)C[C@@]1(C)OC. The summed E-state index contributed by atoms with van der Waals surface area (Å²) >= 11 is 0. The fourth-order valence-corrected chi connectivity index (χ4v) is 9.21. The maximum Gasteiger partial charge on any atom is 0.311 e. The molecule has 0 aromatic carbocycles. The third-order valence-electron chi connectivity index (χ3n) is 13.0. The van der Waals surface area contributed by atoms with Gasteiger partial charge in [-0.25, -0.2) is 0 Å². The van der Waals surface area contributed by atoms with Gasteiger partial charge in [0.1, 0.15) is 35.1 Å². The lowest BCUT2D eigenvalue weighted by Gasteiger charge is -2.53. The van der Waals surface area contributed by atoms with Crippen molar-refractivity contribution < 1.29 is 58.7 Å².